The minimum atomic E-state index is -1.03. The maximum absolute atomic E-state index is 13.7. The van der Waals surface area contributed by atoms with Gasteiger partial charge in [-0.1, -0.05) is 17.7 Å². The van der Waals surface area contributed by atoms with Crippen LogP contribution in [0.25, 0.3) is 0 Å². The Morgan fingerprint density at radius 2 is 1.81 bits per heavy atom. The van der Waals surface area contributed by atoms with Crippen molar-refractivity contribution >= 4 is 11.6 Å². The van der Waals surface area contributed by atoms with Crippen molar-refractivity contribution in [3.8, 4) is 11.5 Å². The summed E-state index contributed by atoms with van der Waals surface area (Å²) in [7, 11) is 0. The van der Waals surface area contributed by atoms with Gasteiger partial charge >= 0.3 is 0 Å². The first kappa shape index (κ1) is 14.4. The number of aryl methyl sites for hydroxylation is 1. The van der Waals surface area contributed by atoms with Crippen LogP contribution in [0.15, 0.2) is 42.5 Å². The van der Waals surface area contributed by atoms with Crippen molar-refractivity contribution < 1.29 is 13.9 Å². The zero-order chi connectivity index (χ0) is 15.0. The molecule has 2 atom stereocenters. The second kappa shape index (κ2) is 5.32. The second-order valence-electron chi connectivity index (χ2n) is 5.33. The van der Waals surface area contributed by atoms with Gasteiger partial charge in [0.2, 0.25) is 0 Å². The molecule has 0 aromatic heterocycles. The van der Waals surface area contributed by atoms with E-state index in [9.17, 15) is 4.39 Å². The van der Waals surface area contributed by atoms with Gasteiger partial charge in [-0.15, -0.1) is 0 Å². The molecule has 2 aromatic rings. The van der Waals surface area contributed by atoms with Gasteiger partial charge in [0.05, 0.1) is 6.61 Å². The largest absolute Gasteiger partial charge is 0.457 e. The number of hydrogen-bond donors (Lipinski definition) is 0. The first-order valence-corrected chi connectivity index (χ1v) is 7.22. The van der Waals surface area contributed by atoms with Gasteiger partial charge in [-0.25, -0.2) is 4.39 Å². The van der Waals surface area contributed by atoms with Crippen LogP contribution < -0.4 is 4.74 Å². The van der Waals surface area contributed by atoms with Crippen LogP contribution in [0.1, 0.15) is 18.1 Å². The highest BCUT2D eigenvalue weighted by atomic mass is 35.5. The second-order valence-corrected chi connectivity index (χ2v) is 5.76. The van der Waals surface area contributed by atoms with Crippen molar-refractivity contribution in [1.29, 1.82) is 0 Å². The van der Waals surface area contributed by atoms with Crippen LogP contribution >= 0.6 is 11.6 Å². The number of halogens is 2. The van der Waals surface area contributed by atoms with E-state index in [1.807, 2.05) is 25.1 Å². The van der Waals surface area contributed by atoms with Gasteiger partial charge < -0.3 is 9.47 Å². The molecule has 1 fully saturated rings. The predicted octanol–water partition coefficient (Wildman–Crippen LogP) is 5.02. The summed E-state index contributed by atoms with van der Waals surface area (Å²) >= 11 is 5.84. The van der Waals surface area contributed by atoms with Crippen molar-refractivity contribution in [1.82, 2.24) is 0 Å². The molecule has 1 aliphatic rings. The summed E-state index contributed by atoms with van der Waals surface area (Å²) in [5.74, 6) is 1.42. The number of benzene rings is 2. The zero-order valence-electron chi connectivity index (χ0n) is 11.9. The van der Waals surface area contributed by atoms with Crippen LogP contribution in [0.4, 0.5) is 4.39 Å². The number of rotatable bonds is 4. The first-order chi connectivity index (χ1) is 10.0. The van der Waals surface area contributed by atoms with Crippen molar-refractivity contribution in [3.63, 3.8) is 0 Å². The monoisotopic (exact) mass is 306 g/mol. The van der Waals surface area contributed by atoms with Crippen LogP contribution in [-0.4, -0.2) is 12.8 Å². The van der Waals surface area contributed by atoms with Crippen LogP contribution in [0.5, 0.6) is 11.5 Å². The number of hydrogen-bond acceptors (Lipinski definition) is 2. The van der Waals surface area contributed by atoms with Crippen molar-refractivity contribution in [2.45, 2.75) is 25.6 Å². The van der Waals surface area contributed by atoms with Gasteiger partial charge in [0.15, 0.2) is 0 Å². The lowest BCUT2D eigenvalue weighted by Gasteiger charge is -2.17. The van der Waals surface area contributed by atoms with Gasteiger partial charge in [-0.05, 0) is 61.4 Å². The molecule has 0 radical (unpaired) electrons. The predicted molar refractivity (Wildman–Crippen MR) is 80.9 cm³/mol. The molecule has 2 unspecified atom stereocenters. The molecule has 2 aromatic carbocycles. The Labute approximate surface area is 128 Å². The highest BCUT2D eigenvalue weighted by Crippen LogP contribution is 2.45. The van der Waals surface area contributed by atoms with E-state index in [-0.39, 0.29) is 0 Å². The number of ether oxygens (including phenoxy) is 2. The molecule has 110 valence electrons. The number of alkyl halides is 1. The Kier molecular flexibility index (Phi) is 3.64. The van der Waals surface area contributed by atoms with Crippen LogP contribution in [0.2, 0.25) is 5.02 Å². The molecular weight excluding hydrogens is 291 g/mol. The molecule has 21 heavy (non-hydrogen) atoms. The standard InChI is InChI=1S/C17H16ClFO2/c1-11-9-15(21-14-5-3-13(18)4-6-14)7-8-16(11)17(10-20-17)12(2)19/h3-9,12H,10H2,1-2H3. The van der Waals surface area contributed by atoms with Gasteiger partial charge in [0, 0.05) is 5.02 Å². The Hall–Kier alpha value is -1.58. The van der Waals surface area contributed by atoms with E-state index in [1.165, 1.54) is 6.92 Å². The van der Waals surface area contributed by atoms with E-state index in [0.29, 0.717) is 23.1 Å². The Morgan fingerprint density at radius 3 is 2.33 bits per heavy atom. The molecular formula is C17H16ClFO2. The summed E-state index contributed by atoms with van der Waals surface area (Å²) < 4.78 is 24.9. The summed E-state index contributed by atoms with van der Waals surface area (Å²) in [5, 5.41) is 0.665. The molecule has 1 aliphatic heterocycles. The molecule has 0 amide bonds. The molecule has 4 heteroatoms. The van der Waals surface area contributed by atoms with Crippen molar-refractivity contribution in [3.05, 3.63) is 58.6 Å². The molecule has 2 nitrogen and oxygen atoms in total. The highest BCUT2D eigenvalue weighted by molar-refractivity contribution is 6.30. The van der Waals surface area contributed by atoms with E-state index < -0.39 is 11.8 Å². The molecule has 0 aliphatic carbocycles. The fourth-order valence-corrected chi connectivity index (χ4v) is 2.62. The molecule has 0 saturated carbocycles. The van der Waals surface area contributed by atoms with E-state index in [1.54, 1.807) is 24.3 Å². The van der Waals surface area contributed by atoms with Crippen molar-refractivity contribution in [2.24, 2.45) is 0 Å². The third kappa shape index (κ3) is 2.76. The van der Waals surface area contributed by atoms with Gasteiger partial charge in [-0.2, -0.15) is 0 Å². The van der Waals surface area contributed by atoms with Gasteiger partial charge in [0.25, 0.3) is 0 Å². The number of epoxide rings is 1. The first-order valence-electron chi connectivity index (χ1n) is 6.84. The van der Waals surface area contributed by atoms with E-state index in [0.717, 1.165) is 11.1 Å². The zero-order valence-corrected chi connectivity index (χ0v) is 12.7. The summed E-state index contributed by atoms with van der Waals surface area (Å²) in [6.07, 6.45) is -1.03. The van der Waals surface area contributed by atoms with Gasteiger partial charge in [0.1, 0.15) is 23.3 Å². The topological polar surface area (TPSA) is 21.8 Å². The quantitative estimate of drug-likeness (QED) is 0.739. The molecule has 0 N–H and O–H groups in total. The van der Waals surface area contributed by atoms with Crippen LogP contribution in [-0.2, 0) is 10.3 Å². The Morgan fingerprint density at radius 1 is 1.19 bits per heavy atom. The maximum atomic E-state index is 13.7. The van der Waals surface area contributed by atoms with E-state index in [4.69, 9.17) is 21.1 Å². The highest BCUT2D eigenvalue weighted by Gasteiger charge is 2.52. The third-order valence-corrected chi connectivity index (χ3v) is 4.05. The molecule has 3 rings (SSSR count). The Bertz CT molecular complexity index is 648. The molecule has 1 heterocycles. The third-order valence-electron chi connectivity index (χ3n) is 3.80. The Balaban J connectivity index is 1.83. The maximum Gasteiger partial charge on any atom is 0.147 e. The average Bonchev–Trinajstić information content (AvgIpc) is 3.23. The average molecular weight is 307 g/mol. The smallest absolute Gasteiger partial charge is 0.147 e. The normalized spacial score (nSPS) is 21.9. The summed E-state index contributed by atoms with van der Waals surface area (Å²) in [4.78, 5) is 0. The van der Waals surface area contributed by atoms with E-state index in [2.05, 4.69) is 0 Å². The SMILES string of the molecule is Cc1cc(Oc2ccc(Cl)cc2)ccc1C1(C(C)F)CO1. The lowest BCUT2D eigenvalue weighted by atomic mass is 9.92. The minimum absolute atomic E-state index is 0.433. The van der Waals surface area contributed by atoms with Crippen LogP contribution in [0.3, 0.4) is 0 Å². The van der Waals surface area contributed by atoms with Gasteiger partial charge in [-0.3, -0.25) is 0 Å². The summed E-state index contributed by atoms with van der Waals surface area (Å²) in [6.45, 7) is 3.91. The molecule has 0 spiro atoms. The fraction of sp³-hybridized carbons (Fsp3) is 0.294. The lowest BCUT2D eigenvalue weighted by molar-refractivity contribution is 0.175. The molecule has 0 bridgehead atoms. The summed E-state index contributed by atoms with van der Waals surface area (Å²) in [6, 6.07) is 12.8. The fourth-order valence-electron chi connectivity index (χ4n) is 2.49. The summed E-state index contributed by atoms with van der Waals surface area (Å²) in [5.41, 5.74) is 1.09. The minimum Gasteiger partial charge on any atom is -0.457 e. The molecule has 1 saturated heterocycles. The van der Waals surface area contributed by atoms with Crippen molar-refractivity contribution in [2.75, 3.05) is 6.61 Å². The van der Waals surface area contributed by atoms with Crippen LogP contribution in [0, 0.1) is 6.92 Å². The van der Waals surface area contributed by atoms with E-state index >= 15 is 0 Å². The lowest BCUT2D eigenvalue weighted by Crippen LogP contribution is -2.21.